The number of aliphatic hydroxyl groups is 1. The van der Waals surface area contributed by atoms with Crippen molar-refractivity contribution in [2.45, 2.75) is 6.10 Å². The molecule has 1 N–H and O–H groups in total. The van der Waals surface area contributed by atoms with Crippen LogP contribution in [0.25, 0.3) is 10.9 Å². The van der Waals surface area contributed by atoms with Crippen molar-refractivity contribution in [3.05, 3.63) is 36.3 Å². The van der Waals surface area contributed by atoms with Gasteiger partial charge in [-0.25, -0.2) is 4.39 Å². The van der Waals surface area contributed by atoms with Crippen LogP contribution in [0.3, 0.4) is 0 Å². The van der Waals surface area contributed by atoms with Gasteiger partial charge in [-0.15, -0.1) is 0 Å². The van der Waals surface area contributed by atoms with Crippen LogP contribution in [0.4, 0.5) is 10.1 Å². The van der Waals surface area contributed by atoms with Gasteiger partial charge >= 0.3 is 0 Å². The lowest BCUT2D eigenvalue weighted by molar-refractivity contribution is 0.0695. The molecule has 4 nitrogen and oxygen atoms in total. The largest absolute Gasteiger partial charge is 0.389 e. The summed E-state index contributed by atoms with van der Waals surface area (Å²) in [6.07, 6.45) is 1.06. The number of hydrogen-bond donors (Lipinski definition) is 1. The fraction of sp³-hybridized carbons (Fsp3) is 0.357. The van der Waals surface area contributed by atoms with E-state index in [1.165, 1.54) is 12.1 Å². The minimum atomic E-state index is -0.571. The highest BCUT2D eigenvalue weighted by molar-refractivity contribution is 5.91. The average molecular weight is 264 g/mol. The number of anilines is 1. The van der Waals surface area contributed by atoms with E-state index < -0.39 is 6.10 Å². The molecule has 0 aliphatic heterocycles. The number of ether oxygens (including phenoxy) is 1. The molecule has 0 spiro atoms. The molecule has 102 valence electrons. The molecule has 5 heteroatoms. The molecule has 0 radical (unpaired) electrons. The van der Waals surface area contributed by atoms with E-state index in [1.54, 1.807) is 19.4 Å². The molecule has 1 aromatic heterocycles. The molecular formula is C14H17FN2O2. The van der Waals surface area contributed by atoms with Crippen LogP contribution in [-0.2, 0) is 4.74 Å². The van der Waals surface area contributed by atoms with Gasteiger partial charge in [0.15, 0.2) is 0 Å². The summed E-state index contributed by atoms with van der Waals surface area (Å²) in [6.45, 7) is 0.715. The number of benzene rings is 1. The van der Waals surface area contributed by atoms with Crippen molar-refractivity contribution in [2.24, 2.45) is 0 Å². The first-order valence-electron chi connectivity index (χ1n) is 6.04. The lowest BCUT2D eigenvalue weighted by Gasteiger charge is -2.23. The van der Waals surface area contributed by atoms with Gasteiger partial charge < -0.3 is 14.7 Å². The number of methoxy groups -OCH3 is 1. The van der Waals surface area contributed by atoms with Gasteiger partial charge in [-0.2, -0.15) is 0 Å². The van der Waals surface area contributed by atoms with E-state index in [2.05, 4.69) is 4.98 Å². The standard InChI is InChI=1S/C14H17FN2O2/c1-17(8-11(18)9-19-2)14-5-6-16-13-7-10(15)3-4-12(13)14/h3-7,11,18H,8-9H2,1-2H3/t11-/m1/s1. The number of fused-ring (bicyclic) bond motifs is 1. The molecule has 0 fully saturated rings. The molecule has 0 aliphatic rings. The van der Waals surface area contributed by atoms with Gasteiger partial charge in [0.25, 0.3) is 0 Å². The van der Waals surface area contributed by atoms with Gasteiger partial charge in [-0.05, 0) is 18.2 Å². The Morgan fingerprint density at radius 3 is 2.95 bits per heavy atom. The molecule has 0 saturated heterocycles. The third-order valence-corrected chi connectivity index (χ3v) is 2.94. The van der Waals surface area contributed by atoms with Crippen molar-refractivity contribution >= 4 is 16.6 Å². The minimum Gasteiger partial charge on any atom is -0.389 e. The van der Waals surface area contributed by atoms with Crippen LogP contribution in [0.1, 0.15) is 0 Å². The second-order valence-corrected chi connectivity index (χ2v) is 4.48. The molecule has 0 amide bonds. The van der Waals surface area contributed by atoms with Crippen LogP contribution in [0.15, 0.2) is 30.5 Å². The first kappa shape index (κ1) is 13.7. The number of pyridine rings is 1. The van der Waals surface area contributed by atoms with Gasteiger partial charge in [-0.3, -0.25) is 4.98 Å². The number of aromatic nitrogens is 1. The van der Waals surface area contributed by atoms with Crippen LogP contribution in [-0.4, -0.2) is 43.5 Å². The van der Waals surface area contributed by atoms with E-state index in [0.29, 0.717) is 12.1 Å². The zero-order valence-corrected chi connectivity index (χ0v) is 11.0. The molecule has 2 aromatic rings. The van der Waals surface area contributed by atoms with E-state index in [1.807, 2.05) is 18.0 Å². The van der Waals surface area contributed by atoms with Crippen LogP contribution in [0.5, 0.6) is 0 Å². The Labute approximate surface area is 111 Å². The van der Waals surface area contributed by atoms with Crippen LogP contribution < -0.4 is 4.90 Å². The van der Waals surface area contributed by atoms with E-state index in [0.717, 1.165) is 11.1 Å². The zero-order valence-electron chi connectivity index (χ0n) is 11.0. The molecule has 0 aliphatic carbocycles. The molecule has 0 unspecified atom stereocenters. The van der Waals surface area contributed by atoms with Crippen molar-refractivity contribution in [3.8, 4) is 0 Å². The lowest BCUT2D eigenvalue weighted by atomic mass is 10.1. The molecule has 2 rings (SSSR count). The minimum absolute atomic E-state index is 0.280. The molecule has 1 atom stereocenters. The maximum absolute atomic E-state index is 13.2. The molecular weight excluding hydrogens is 247 g/mol. The smallest absolute Gasteiger partial charge is 0.125 e. The Bertz CT molecular complexity index is 562. The summed E-state index contributed by atoms with van der Waals surface area (Å²) in [6, 6.07) is 6.36. The SMILES string of the molecule is COC[C@H](O)CN(C)c1ccnc2cc(F)ccc12. The monoisotopic (exact) mass is 264 g/mol. The molecule has 0 bridgehead atoms. The van der Waals surface area contributed by atoms with Crippen molar-refractivity contribution in [2.75, 3.05) is 32.2 Å². The van der Waals surface area contributed by atoms with Gasteiger partial charge in [0.2, 0.25) is 0 Å². The molecule has 1 heterocycles. The predicted octanol–water partition coefficient (Wildman–Crippen LogP) is 1.82. The van der Waals surface area contributed by atoms with Crippen LogP contribution >= 0.6 is 0 Å². The normalized spacial score (nSPS) is 12.6. The topological polar surface area (TPSA) is 45.6 Å². The van der Waals surface area contributed by atoms with Crippen molar-refractivity contribution < 1.29 is 14.2 Å². The Balaban J connectivity index is 2.29. The zero-order chi connectivity index (χ0) is 13.8. The second-order valence-electron chi connectivity index (χ2n) is 4.48. The summed E-state index contributed by atoms with van der Waals surface area (Å²) < 4.78 is 18.1. The Kier molecular flexibility index (Phi) is 4.29. The van der Waals surface area contributed by atoms with Crippen LogP contribution in [0, 0.1) is 5.82 Å². The Hall–Kier alpha value is -1.72. The third kappa shape index (κ3) is 3.19. The molecule has 1 aromatic carbocycles. The Morgan fingerprint density at radius 1 is 1.42 bits per heavy atom. The van der Waals surface area contributed by atoms with Gasteiger partial charge in [-0.1, -0.05) is 0 Å². The fourth-order valence-corrected chi connectivity index (χ4v) is 2.10. The average Bonchev–Trinajstić information content (AvgIpc) is 2.37. The first-order valence-corrected chi connectivity index (χ1v) is 6.04. The number of nitrogens with zero attached hydrogens (tertiary/aromatic N) is 2. The van der Waals surface area contributed by atoms with E-state index in [9.17, 15) is 9.50 Å². The molecule has 0 saturated carbocycles. The fourth-order valence-electron chi connectivity index (χ4n) is 2.10. The highest BCUT2D eigenvalue weighted by Gasteiger charge is 2.11. The van der Waals surface area contributed by atoms with Crippen molar-refractivity contribution in [1.82, 2.24) is 4.98 Å². The van der Waals surface area contributed by atoms with Gasteiger partial charge in [0.05, 0.1) is 18.2 Å². The number of aliphatic hydroxyl groups excluding tert-OH is 1. The van der Waals surface area contributed by atoms with Crippen LogP contribution in [0.2, 0.25) is 0 Å². The van der Waals surface area contributed by atoms with Gasteiger partial charge in [0, 0.05) is 44.0 Å². The number of likely N-dealkylation sites (N-methyl/N-ethyl adjacent to an activating group) is 1. The summed E-state index contributed by atoms with van der Waals surface area (Å²) in [5, 5.41) is 10.6. The second kappa shape index (κ2) is 5.95. The molecule has 19 heavy (non-hydrogen) atoms. The summed E-state index contributed by atoms with van der Waals surface area (Å²) in [5.41, 5.74) is 1.51. The van der Waals surface area contributed by atoms with Crippen molar-refractivity contribution in [3.63, 3.8) is 0 Å². The van der Waals surface area contributed by atoms with E-state index in [4.69, 9.17) is 4.74 Å². The maximum atomic E-state index is 13.2. The lowest BCUT2D eigenvalue weighted by Crippen LogP contribution is -2.32. The highest BCUT2D eigenvalue weighted by atomic mass is 19.1. The Morgan fingerprint density at radius 2 is 2.21 bits per heavy atom. The quantitative estimate of drug-likeness (QED) is 0.894. The number of halogens is 1. The predicted molar refractivity (Wildman–Crippen MR) is 72.9 cm³/mol. The van der Waals surface area contributed by atoms with E-state index >= 15 is 0 Å². The van der Waals surface area contributed by atoms with Crippen molar-refractivity contribution in [1.29, 1.82) is 0 Å². The summed E-state index contributed by atoms with van der Waals surface area (Å²) in [4.78, 5) is 6.06. The highest BCUT2D eigenvalue weighted by Crippen LogP contribution is 2.25. The third-order valence-electron chi connectivity index (χ3n) is 2.94. The number of rotatable bonds is 5. The number of hydrogen-bond acceptors (Lipinski definition) is 4. The maximum Gasteiger partial charge on any atom is 0.125 e. The summed E-state index contributed by atoms with van der Waals surface area (Å²) >= 11 is 0. The summed E-state index contributed by atoms with van der Waals surface area (Å²) in [5.74, 6) is -0.306. The van der Waals surface area contributed by atoms with E-state index in [-0.39, 0.29) is 12.4 Å². The van der Waals surface area contributed by atoms with Gasteiger partial charge in [0.1, 0.15) is 5.82 Å². The first-order chi connectivity index (χ1) is 9.11. The summed E-state index contributed by atoms with van der Waals surface area (Å²) in [7, 11) is 3.42.